The van der Waals surface area contributed by atoms with Crippen LogP contribution in [0.4, 0.5) is 0 Å². The quantitative estimate of drug-likeness (QED) is 0.840. The number of rotatable bonds is 4. The van der Waals surface area contributed by atoms with Gasteiger partial charge in [0.2, 0.25) is 0 Å². The molecule has 1 nitrogen and oxygen atoms in total. The van der Waals surface area contributed by atoms with Gasteiger partial charge in [0.15, 0.2) is 0 Å². The van der Waals surface area contributed by atoms with Crippen LogP contribution in [0.1, 0.15) is 47.5 Å². The molecule has 0 spiro atoms. The van der Waals surface area contributed by atoms with Gasteiger partial charge < -0.3 is 5.32 Å². The summed E-state index contributed by atoms with van der Waals surface area (Å²) < 4.78 is 1.57. The molecule has 70 valence electrons. The van der Waals surface area contributed by atoms with Crippen molar-refractivity contribution >= 4 is 65.9 Å². The van der Waals surface area contributed by atoms with E-state index in [1.165, 1.54) is 12.8 Å². The Bertz CT molecular complexity index is 64.2. The van der Waals surface area contributed by atoms with Crippen LogP contribution in [-0.2, 0) is 0 Å². The molecule has 0 aliphatic carbocycles. The van der Waals surface area contributed by atoms with E-state index in [0.29, 0.717) is 12.1 Å². The maximum atomic E-state index is 3.31. The zero-order valence-corrected chi connectivity index (χ0v) is 16.1. The standard InChI is InChI=1S/C6H15N.C4H9.Cs/c1-5(2)7-6(3)4;1-3-4-2;/h5-7H,1-4H3;1,3-4H2,2H3;. The first-order valence-corrected chi connectivity index (χ1v) is 9.74. The van der Waals surface area contributed by atoms with Crippen LogP contribution in [0, 0.1) is 0 Å². The average Bonchev–Trinajstić information content (AvgIpc) is 1.87. The summed E-state index contributed by atoms with van der Waals surface area (Å²) in [5, 5.41) is 3.31. The molecular weight excluding hydrogens is 267 g/mol. The Morgan fingerprint density at radius 3 is 1.50 bits per heavy atom. The number of hydrogen-bond donors (Lipinski definition) is 1. The fourth-order valence-corrected chi connectivity index (χ4v) is 3.24. The molecule has 0 atom stereocenters. The molecule has 0 bridgehead atoms. The fraction of sp³-hybridized carbons (Fsp3) is 1.00. The van der Waals surface area contributed by atoms with Gasteiger partial charge in [-0.25, -0.2) is 0 Å². The van der Waals surface area contributed by atoms with E-state index in [-0.39, 0.29) is 0 Å². The van der Waals surface area contributed by atoms with E-state index in [4.69, 9.17) is 0 Å². The van der Waals surface area contributed by atoms with Gasteiger partial charge in [-0.3, -0.25) is 0 Å². The third kappa shape index (κ3) is 22.7. The van der Waals surface area contributed by atoms with Gasteiger partial charge in [-0.2, -0.15) is 0 Å². The van der Waals surface area contributed by atoms with Crippen LogP contribution >= 0.6 is 0 Å². The molecule has 2 heteroatoms. The van der Waals surface area contributed by atoms with E-state index in [0.717, 1.165) is 65.9 Å². The molecule has 0 saturated heterocycles. The van der Waals surface area contributed by atoms with E-state index in [9.17, 15) is 0 Å². The predicted octanol–water partition coefficient (Wildman–Crippen LogP) is 2.77. The van der Waals surface area contributed by atoms with Gasteiger partial charge in [-0.1, -0.05) is 27.7 Å². The molecule has 0 amide bonds. The van der Waals surface area contributed by atoms with E-state index < -0.39 is 0 Å². The summed E-state index contributed by atoms with van der Waals surface area (Å²) in [5.41, 5.74) is 0. The molecular formula is C10H24CsN. The van der Waals surface area contributed by atoms with Crippen molar-refractivity contribution in [3.8, 4) is 0 Å². The SMILES string of the molecule is CC(C)NC(C)C.CCC[CH2][Cs]. The van der Waals surface area contributed by atoms with Gasteiger partial charge in [-0.15, -0.1) is 0 Å². The van der Waals surface area contributed by atoms with E-state index in [1.54, 1.807) is -2.15 Å². The van der Waals surface area contributed by atoms with Gasteiger partial charge in [0.1, 0.15) is 0 Å². The molecule has 1 N–H and O–H groups in total. The van der Waals surface area contributed by atoms with Crippen molar-refractivity contribution in [2.75, 3.05) is 0 Å². The van der Waals surface area contributed by atoms with Crippen molar-refractivity contribution in [1.29, 1.82) is 0 Å². The Hall–Kier alpha value is 2.01. The molecule has 0 fully saturated rings. The predicted molar refractivity (Wildman–Crippen MR) is 58.9 cm³/mol. The van der Waals surface area contributed by atoms with Gasteiger partial charge >= 0.3 is 83.5 Å². The zero-order chi connectivity index (χ0) is 9.98. The number of unbranched alkanes of at least 4 members (excludes halogenated alkanes) is 1. The monoisotopic (exact) mass is 291 g/mol. The molecule has 0 saturated carbocycles. The average molecular weight is 291 g/mol. The van der Waals surface area contributed by atoms with Crippen LogP contribution in [0.25, 0.3) is 0 Å². The molecule has 0 aromatic rings. The summed E-state index contributed by atoms with van der Waals surface area (Å²) in [6, 6.07) is 1.25. The second-order valence-electron chi connectivity index (χ2n) is 3.83. The molecule has 0 aromatic carbocycles. The zero-order valence-electron chi connectivity index (χ0n) is 9.78. The van der Waals surface area contributed by atoms with Crippen molar-refractivity contribution in [2.24, 2.45) is 0 Å². The summed E-state index contributed by atoms with van der Waals surface area (Å²) >= 11 is 0.911. The van der Waals surface area contributed by atoms with Gasteiger partial charge in [-0.05, 0) is 0 Å². The van der Waals surface area contributed by atoms with Gasteiger partial charge in [0.05, 0.1) is 0 Å². The molecule has 0 aliphatic heterocycles. The summed E-state index contributed by atoms with van der Waals surface area (Å²) in [6.45, 7) is 10.9. The number of nitrogens with one attached hydrogen (secondary N) is 1. The van der Waals surface area contributed by atoms with E-state index in [2.05, 4.69) is 39.9 Å². The Balaban J connectivity index is 0. The summed E-state index contributed by atoms with van der Waals surface area (Å²) in [5.74, 6) is 0. The first-order valence-electron chi connectivity index (χ1n) is 5.30. The van der Waals surface area contributed by atoms with Crippen LogP contribution < -0.4 is 5.32 Å². The van der Waals surface area contributed by atoms with Crippen LogP contribution in [-0.4, -0.2) is 78.0 Å². The summed E-state index contributed by atoms with van der Waals surface area (Å²) in [4.78, 5) is 0. The summed E-state index contributed by atoms with van der Waals surface area (Å²) in [7, 11) is 0. The Morgan fingerprint density at radius 2 is 1.50 bits per heavy atom. The normalized spacial score (nSPS) is 10.1. The Kier molecular flexibility index (Phi) is 17.8. The number of hydrogen-bond acceptors (Lipinski definition) is 1. The Labute approximate surface area is 126 Å². The second kappa shape index (κ2) is 13.0. The first kappa shape index (κ1) is 16.4. The second-order valence-corrected chi connectivity index (χ2v) is 6.97. The molecule has 0 rings (SSSR count). The van der Waals surface area contributed by atoms with E-state index >= 15 is 0 Å². The third-order valence-electron chi connectivity index (χ3n) is 1.37. The van der Waals surface area contributed by atoms with Gasteiger partial charge in [0, 0.05) is 12.1 Å². The van der Waals surface area contributed by atoms with Gasteiger partial charge in [0.25, 0.3) is 0 Å². The topological polar surface area (TPSA) is 12.0 Å². The summed E-state index contributed by atoms with van der Waals surface area (Å²) in [6.07, 6.45) is 2.89. The molecule has 0 aromatic heterocycles. The minimum atomic E-state index is 0.625. The Morgan fingerprint density at radius 1 is 1.08 bits per heavy atom. The third-order valence-corrected chi connectivity index (χ3v) is 3.59. The van der Waals surface area contributed by atoms with Crippen molar-refractivity contribution in [1.82, 2.24) is 5.32 Å². The van der Waals surface area contributed by atoms with Crippen LogP contribution in [0.2, 0.25) is -2.15 Å². The molecule has 12 heavy (non-hydrogen) atoms. The van der Waals surface area contributed by atoms with Crippen molar-refractivity contribution in [3.63, 3.8) is 0 Å². The van der Waals surface area contributed by atoms with Crippen LogP contribution in [0.5, 0.6) is 0 Å². The molecule has 0 heterocycles. The maximum absolute atomic E-state index is 3.31. The molecule has 0 unspecified atom stereocenters. The van der Waals surface area contributed by atoms with Crippen molar-refractivity contribution < 1.29 is 0 Å². The minimum absolute atomic E-state index is 0.625. The van der Waals surface area contributed by atoms with Crippen LogP contribution in [0.15, 0.2) is 0 Å². The van der Waals surface area contributed by atoms with Crippen LogP contribution in [0.3, 0.4) is 0 Å². The first-order chi connectivity index (χ1) is 5.54. The van der Waals surface area contributed by atoms with Crippen molar-refractivity contribution in [3.05, 3.63) is 0 Å². The fourth-order valence-electron chi connectivity index (χ4n) is 1.02. The van der Waals surface area contributed by atoms with E-state index in [1.807, 2.05) is 0 Å². The van der Waals surface area contributed by atoms with Crippen molar-refractivity contribution in [2.45, 2.75) is 57.4 Å². The molecule has 0 aliphatic rings. The molecule has 0 radical (unpaired) electrons.